The van der Waals surface area contributed by atoms with Gasteiger partial charge >= 0.3 is 0 Å². The molecule has 1 aromatic carbocycles. The van der Waals surface area contributed by atoms with E-state index >= 15 is 0 Å². The topological polar surface area (TPSA) is 69.1 Å². The first kappa shape index (κ1) is 10.1. The molecule has 2 heterocycles. The van der Waals surface area contributed by atoms with Crippen molar-refractivity contribution in [1.82, 2.24) is 19.8 Å². The first-order valence-electron chi connectivity index (χ1n) is 5.02. The third kappa shape index (κ3) is 1.94. The number of nitrogens with two attached hydrogens (primary N) is 1. The van der Waals surface area contributed by atoms with Gasteiger partial charge in [0.25, 0.3) is 0 Å². The van der Waals surface area contributed by atoms with Gasteiger partial charge in [-0.25, -0.2) is 0 Å². The van der Waals surface area contributed by atoms with Gasteiger partial charge in [-0.05, 0) is 24.3 Å². The summed E-state index contributed by atoms with van der Waals surface area (Å²) in [6.07, 6.45) is 1.58. The Balaban J connectivity index is 1.97. The first-order chi connectivity index (χ1) is 8.33. The van der Waals surface area contributed by atoms with Gasteiger partial charge in [0.05, 0.1) is 0 Å². The number of anilines is 1. The van der Waals surface area contributed by atoms with E-state index in [0.29, 0.717) is 0 Å². The van der Waals surface area contributed by atoms with Crippen molar-refractivity contribution in [3.8, 4) is 0 Å². The molecule has 0 amide bonds. The van der Waals surface area contributed by atoms with Gasteiger partial charge in [0.1, 0.15) is 11.4 Å². The molecule has 0 aliphatic rings. The SMILES string of the molecule is Nc1ccccc1Sc1ccc2nncn2n1. The monoisotopic (exact) mass is 243 g/mol. The molecule has 2 N–H and O–H groups in total. The number of hydrogen-bond acceptors (Lipinski definition) is 5. The Morgan fingerprint density at radius 3 is 2.88 bits per heavy atom. The minimum absolute atomic E-state index is 0.732. The summed E-state index contributed by atoms with van der Waals surface area (Å²) in [6.45, 7) is 0. The predicted molar refractivity (Wildman–Crippen MR) is 65.8 cm³/mol. The minimum Gasteiger partial charge on any atom is -0.398 e. The van der Waals surface area contributed by atoms with E-state index in [2.05, 4.69) is 15.3 Å². The van der Waals surface area contributed by atoms with Crippen LogP contribution in [0.25, 0.3) is 5.65 Å². The number of para-hydroxylation sites is 1. The van der Waals surface area contributed by atoms with Crippen LogP contribution < -0.4 is 5.73 Å². The second kappa shape index (κ2) is 4.06. The zero-order chi connectivity index (χ0) is 11.7. The Hall–Kier alpha value is -2.08. The lowest BCUT2D eigenvalue weighted by atomic mass is 10.3. The van der Waals surface area contributed by atoms with Gasteiger partial charge in [0, 0.05) is 10.6 Å². The molecule has 2 aromatic heterocycles. The molecule has 6 heteroatoms. The van der Waals surface area contributed by atoms with Crippen molar-refractivity contribution in [1.29, 1.82) is 0 Å². The van der Waals surface area contributed by atoms with Gasteiger partial charge in [0.15, 0.2) is 5.65 Å². The number of benzene rings is 1. The van der Waals surface area contributed by atoms with Crippen LogP contribution in [0.4, 0.5) is 5.69 Å². The minimum atomic E-state index is 0.732. The van der Waals surface area contributed by atoms with E-state index in [0.717, 1.165) is 21.3 Å². The van der Waals surface area contributed by atoms with E-state index in [4.69, 9.17) is 5.73 Å². The average Bonchev–Trinajstić information content (AvgIpc) is 2.79. The number of hydrogen-bond donors (Lipinski definition) is 1. The molecule has 0 aliphatic carbocycles. The molecule has 0 atom stereocenters. The summed E-state index contributed by atoms with van der Waals surface area (Å²) in [7, 11) is 0. The molecule has 5 nitrogen and oxygen atoms in total. The molecular weight excluding hydrogens is 234 g/mol. The summed E-state index contributed by atoms with van der Waals surface area (Å²) < 4.78 is 1.64. The lowest BCUT2D eigenvalue weighted by Gasteiger charge is -2.03. The zero-order valence-electron chi connectivity index (χ0n) is 8.82. The van der Waals surface area contributed by atoms with Crippen molar-refractivity contribution in [2.45, 2.75) is 9.92 Å². The summed E-state index contributed by atoms with van der Waals surface area (Å²) in [4.78, 5) is 0.993. The third-order valence-corrected chi connectivity index (χ3v) is 3.29. The highest BCUT2D eigenvalue weighted by Crippen LogP contribution is 2.30. The maximum atomic E-state index is 5.88. The van der Waals surface area contributed by atoms with Crippen LogP contribution in [0.5, 0.6) is 0 Å². The third-order valence-electron chi connectivity index (χ3n) is 2.27. The smallest absolute Gasteiger partial charge is 0.177 e. The highest BCUT2D eigenvalue weighted by atomic mass is 32.2. The van der Waals surface area contributed by atoms with Gasteiger partial charge in [-0.2, -0.15) is 9.61 Å². The molecule has 0 aliphatic heterocycles. The Labute approximate surface area is 102 Å². The van der Waals surface area contributed by atoms with Crippen LogP contribution in [-0.4, -0.2) is 19.8 Å². The largest absolute Gasteiger partial charge is 0.398 e. The lowest BCUT2D eigenvalue weighted by Crippen LogP contribution is -1.93. The maximum absolute atomic E-state index is 5.88. The molecule has 84 valence electrons. The standard InChI is InChI=1S/C11H9N5S/c12-8-3-1-2-4-9(8)17-11-6-5-10-14-13-7-16(10)15-11/h1-7H,12H2. The lowest BCUT2D eigenvalue weighted by molar-refractivity contribution is 0.853. The van der Waals surface area contributed by atoms with Gasteiger partial charge in [-0.15, -0.1) is 10.2 Å². The Morgan fingerprint density at radius 2 is 2.00 bits per heavy atom. The molecule has 0 fully saturated rings. The molecule has 3 rings (SSSR count). The molecule has 0 saturated heterocycles. The van der Waals surface area contributed by atoms with E-state index in [1.54, 1.807) is 10.8 Å². The summed E-state index contributed by atoms with van der Waals surface area (Å²) in [6, 6.07) is 11.5. The van der Waals surface area contributed by atoms with Crippen molar-refractivity contribution < 1.29 is 0 Å². The van der Waals surface area contributed by atoms with E-state index in [-0.39, 0.29) is 0 Å². The van der Waals surface area contributed by atoms with Crippen LogP contribution in [0, 0.1) is 0 Å². The van der Waals surface area contributed by atoms with Gasteiger partial charge in [-0.3, -0.25) is 0 Å². The molecular formula is C11H9N5S. The molecule has 3 aromatic rings. The normalized spacial score (nSPS) is 10.8. The highest BCUT2D eigenvalue weighted by Gasteiger charge is 2.04. The van der Waals surface area contributed by atoms with Gasteiger partial charge in [0.2, 0.25) is 0 Å². The Bertz CT molecular complexity index is 664. The fourth-order valence-corrected chi connectivity index (χ4v) is 2.27. The number of nitrogens with zero attached hydrogens (tertiary/aromatic N) is 4. The number of rotatable bonds is 2. The van der Waals surface area contributed by atoms with Crippen LogP contribution in [0.15, 0.2) is 52.6 Å². The van der Waals surface area contributed by atoms with Gasteiger partial charge in [-0.1, -0.05) is 23.9 Å². The van der Waals surface area contributed by atoms with Crippen molar-refractivity contribution in [2.24, 2.45) is 0 Å². The summed E-state index contributed by atoms with van der Waals surface area (Å²) in [5, 5.41) is 12.9. The van der Waals surface area contributed by atoms with Crippen LogP contribution in [-0.2, 0) is 0 Å². The fourth-order valence-electron chi connectivity index (χ4n) is 1.45. The second-order valence-corrected chi connectivity index (χ2v) is 4.51. The van der Waals surface area contributed by atoms with Crippen molar-refractivity contribution in [3.05, 3.63) is 42.7 Å². The van der Waals surface area contributed by atoms with Gasteiger partial charge < -0.3 is 5.73 Å². The summed E-state index contributed by atoms with van der Waals surface area (Å²) in [5.41, 5.74) is 7.37. The van der Waals surface area contributed by atoms with Crippen molar-refractivity contribution >= 4 is 23.1 Å². The zero-order valence-corrected chi connectivity index (χ0v) is 9.63. The molecule has 0 saturated carbocycles. The van der Waals surface area contributed by atoms with E-state index < -0.39 is 0 Å². The summed E-state index contributed by atoms with van der Waals surface area (Å²) >= 11 is 1.52. The predicted octanol–water partition coefficient (Wildman–Crippen LogP) is 1.86. The fraction of sp³-hybridized carbons (Fsp3) is 0. The van der Waals surface area contributed by atoms with Crippen molar-refractivity contribution in [3.63, 3.8) is 0 Å². The molecule has 17 heavy (non-hydrogen) atoms. The molecule has 0 bridgehead atoms. The molecule has 0 radical (unpaired) electrons. The van der Waals surface area contributed by atoms with E-state index in [1.807, 2.05) is 36.4 Å². The van der Waals surface area contributed by atoms with Crippen LogP contribution >= 0.6 is 11.8 Å². The maximum Gasteiger partial charge on any atom is 0.177 e. The van der Waals surface area contributed by atoms with Crippen LogP contribution in [0.3, 0.4) is 0 Å². The number of aromatic nitrogens is 4. The van der Waals surface area contributed by atoms with E-state index in [1.165, 1.54) is 11.8 Å². The van der Waals surface area contributed by atoms with Crippen molar-refractivity contribution in [2.75, 3.05) is 5.73 Å². The van der Waals surface area contributed by atoms with Crippen LogP contribution in [0.1, 0.15) is 0 Å². The Kier molecular flexibility index (Phi) is 2.41. The second-order valence-electron chi connectivity index (χ2n) is 3.45. The Morgan fingerprint density at radius 1 is 1.12 bits per heavy atom. The summed E-state index contributed by atoms with van der Waals surface area (Å²) in [5.74, 6) is 0. The average molecular weight is 243 g/mol. The quantitative estimate of drug-likeness (QED) is 0.696. The molecule has 0 unspecified atom stereocenters. The number of fused-ring (bicyclic) bond motifs is 1. The van der Waals surface area contributed by atoms with E-state index in [9.17, 15) is 0 Å². The highest BCUT2D eigenvalue weighted by molar-refractivity contribution is 7.99. The molecule has 0 spiro atoms. The first-order valence-corrected chi connectivity index (χ1v) is 5.84. The van der Waals surface area contributed by atoms with Crippen LogP contribution in [0.2, 0.25) is 0 Å². The number of nitrogen functional groups attached to an aromatic ring is 1.